The first-order valence-corrected chi connectivity index (χ1v) is 10.9. The molecule has 4 atom stereocenters. The molecule has 3 N–H and O–H groups in total. The number of nitrogens with zero attached hydrogens (tertiary/aromatic N) is 2. The third-order valence-electron chi connectivity index (χ3n) is 6.45. The molecule has 1 aromatic carbocycles. The lowest BCUT2D eigenvalue weighted by Gasteiger charge is -2.18. The van der Waals surface area contributed by atoms with Crippen LogP contribution in [-0.4, -0.2) is 68.9 Å². The van der Waals surface area contributed by atoms with Gasteiger partial charge in [-0.1, -0.05) is 18.2 Å². The molecule has 0 spiro atoms. The Labute approximate surface area is 210 Å². The summed E-state index contributed by atoms with van der Waals surface area (Å²) in [6, 6.07) is 6.95. The van der Waals surface area contributed by atoms with Gasteiger partial charge in [0.1, 0.15) is 5.75 Å². The van der Waals surface area contributed by atoms with E-state index in [1.54, 1.807) is 38.4 Å². The molecular formula is C23H30IN5O4. The number of nitrogens with one attached hydrogen (secondary N) is 3. The highest BCUT2D eigenvalue weighted by molar-refractivity contribution is 14.0. The van der Waals surface area contributed by atoms with Crippen LogP contribution >= 0.6 is 24.0 Å². The summed E-state index contributed by atoms with van der Waals surface area (Å²) in [5, 5.41) is 9.07. The van der Waals surface area contributed by atoms with E-state index in [0.29, 0.717) is 43.5 Å². The smallest absolute Gasteiger partial charge is 0.251 e. The summed E-state index contributed by atoms with van der Waals surface area (Å²) in [5.74, 6) is 1.02. The van der Waals surface area contributed by atoms with Gasteiger partial charge in [-0.05, 0) is 36.5 Å². The molecular weight excluding hydrogens is 537 g/mol. The fourth-order valence-corrected chi connectivity index (χ4v) is 4.91. The average Bonchev–Trinajstić information content (AvgIpc) is 3.50. The summed E-state index contributed by atoms with van der Waals surface area (Å²) in [7, 11) is 3.20. The number of amides is 3. The molecule has 10 heteroatoms. The van der Waals surface area contributed by atoms with Crippen LogP contribution in [0.4, 0.5) is 0 Å². The van der Waals surface area contributed by atoms with Crippen LogP contribution in [0.2, 0.25) is 0 Å². The molecule has 178 valence electrons. The van der Waals surface area contributed by atoms with Crippen molar-refractivity contribution in [2.75, 3.05) is 40.3 Å². The van der Waals surface area contributed by atoms with E-state index in [4.69, 9.17) is 4.74 Å². The van der Waals surface area contributed by atoms with E-state index in [9.17, 15) is 14.4 Å². The standard InChI is InChI=1S/C23H29N5O4.HI/c1-24-23(26-9-8-25-20(29)16-4-3-5-17(13-16)32-2)27-10-11-28-21(30)18-14-6-7-15(12-14)19(18)22(28)31;/h3-7,13-15,18-19H,8-12H2,1-2H3,(H,25,29)(H2,24,26,27);1H. The van der Waals surface area contributed by atoms with Gasteiger partial charge in [-0.3, -0.25) is 24.3 Å². The Bertz CT molecular complexity index is 936. The molecule has 2 bridgehead atoms. The van der Waals surface area contributed by atoms with Crippen molar-refractivity contribution in [3.8, 4) is 5.75 Å². The van der Waals surface area contributed by atoms with Crippen molar-refractivity contribution in [3.05, 3.63) is 42.0 Å². The normalized spacial score (nSPS) is 25.0. The Morgan fingerprint density at radius 2 is 1.70 bits per heavy atom. The van der Waals surface area contributed by atoms with Crippen molar-refractivity contribution in [2.45, 2.75) is 6.42 Å². The largest absolute Gasteiger partial charge is 0.497 e. The molecule has 1 heterocycles. The van der Waals surface area contributed by atoms with E-state index in [0.717, 1.165) is 6.42 Å². The van der Waals surface area contributed by atoms with Gasteiger partial charge in [0.25, 0.3) is 5.91 Å². The molecule has 3 amide bonds. The summed E-state index contributed by atoms with van der Waals surface area (Å²) < 4.78 is 5.13. The third kappa shape index (κ3) is 5.15. The Hall–Kier alpha value is -2.63. The molecule has 1 saturated heterocycles. The van der Waals surface area contributed by atoms with Crippen molar-refractivity contribution in [1.82, 2.24) is 20.9 Å². The highest BCUT2D eigenvalue weighted by atomic mass is 127. The van der Waals surface area contributed by atoms with Gasteiger partial charge in [0, 0.05) is 38.8 Å². The summed E-state index contributed by atoms with van der Waals surface area (Å²) in [4.78, 5) is 43.2. The Kier molecular flexibility index (Phi) is 8.33. The van der Waals surface area contributed by atoms with Crippen LogP contribution in [0.25, 0.3) is 0 Å². The molecule has 2 fully saturated rings. The first kappa shape index (κ1) is 25.0. The zero-order chi connectivity index (χ0) is 22.7. The first-order chi connectivity index (χ1) is 15.5. The van der Waals surface area contributed by atoms with Crippen LogP contribution in [0.5, 0.6) is 5.75 Å². The second kappa shape index (κ2) is 11.0. The van der Waals surface area contributed by atoms with Gasteiger partial charge < -0.3 is 20.7 Å². The number of carbonyl (C=O) groups excluding carboxylic acids is 3. The minimum Gasteiger partial charge on any atom is -0.497 e. The number of hydrogen-bond acceptors (Lipinski definition) is 5. The second-order valence-corrected chi connectivity index (χ2v) is 8.24. The number of imide groups is 1. The maximum absolute atomic E-state index is 12.7. The minimum absolute atomic E-state index is 0. The zero-order valence-electron chi connectivity index (χ0n) is 18.7. The topological polar surface area (TPSA) is 112 Å². The number of likely N-dealkylation sites (tertiary alicyclic amines) is 1. The lowest BCUT2D eigenvalue weighted by molar-refractivity contribution is -0.140. The van der Waals surface area contributed by atoms with E-state index in [2.05, 4.69) is 33.1 Å². The molecule has 1 aliphatic heterocycles. The molecule has 33 heavy (non-hydrogen) atoms. The van der Waals surface area contributed by atoms with Gasteiger partial charge in [-0.2, -0.15) is 0 Å². The predicted molar refractivity (Wildman–Crippen MR) is 135 cm³/mol. The number of ether oxygens (including phenoxy) is 1. The van der Waals surface area contributed by atoms with E-state index in [1.807, 2.05) is 0 Å². The molecule has 9 nitrogen and oxygen atoms in total. The van der Waals surface area contributed by atoms with E-state index in [-0.39, 0.29) is 65.4 Å². The summed E-state index contributed by atoms with van der Waals surface area (Å²) in [5.41, 5.74) is 0.528. The minimum atomic E-state index is -0.186. The van der Waals surface area contributed by atoms with Crippen LogP contribution in [0, 0.1) is 23.7 Å². The van der Waals surface area contributed by atoms with E-state index >= 15 is 0 Å². The predicted octanol–water partition coefficient (Wildman–Crippen LogP) is 1.02. The lowest BCUT2D eigenvalue weighted by atomic mass is 9.85. The first-order valence-electron chi connectivity index (χ1n) is 10.9. The van der Waals surface area contributed by atoms with Crippen LogP contribution in [0.3, 0.4) is 0 Å². The highest BCUT2D eigenvalue weighted by Crippen LogP contribution is 2.52. The number of halogens is 1. The molecule has 2 aliphatic carbocycles. The Morgan fingerprint density at radius 3 is 2.33 bits per heavy atom. The number of allylic oxidation sites excluding steroid dienone is 2. The molecule has 4 rings (SSSR count). The van der Waals surface area contributed by atoms with Gasteiger partial charge in [0.2, 0.25) is 11.8 Å². The van der Waals surface area contributed by atoms with Gasteiger partial charge in [-0.25, -0.2) is 0 Å². The number of hydrogen-bond donors (Lipinski definition) is 3. The van der Waals surface area contributed by atoms with Crippen LogP contribution in [0.15, 0.2) is 41.4 Å². The number of methoxy groups -OCH3 is 1. The number of guanidine groups is 1. The molecule has 4 unspecified atom stereocenters. The third-order valence-corrected chi connectivity index (χ3v) is 6.45. The number of fused-ring (bicyclic) bond motifs is 5. The SMILES string of the molecule is CN=C(NCCNC(=O)c1cccc(OC)c1)NCCN1C(=O)C2C3C=CC(C3)C2C1=O.I. The Balaban J connectivity index is 0.00000306. The summed E-state index contributed by atoms with van der Waals surface area (Å²) >= 11 is 0. The fraction of sp³-hybridized carbons (Fsp3) is 0.478. The number of benzene rings is 1. The second-order valence-electron chi connectivity index (χ2n) is 8.24. The lowest BCUT2D eigenvalue weighted by Crippen LogP contribution is -2.45. The molecule has 0 aromatic heterocycles. The van der Waals surface area contributed by atoms with Gasteiger partial charge in [0.05, 0.1) is 18.9 Å². The van der Waals surface area contributed by atoms with Crippen molar-refractivity contribution in [2.24, 2.45) is 28.7 Å². The van der Waals surface area contributed by atoms with E-state index < -0.39 is 0 Å². The van der Waals surface area contributed by atoms with Crippen LogP contribution in [0.1, 0.15) is 16.8 Å². The molecule has 1 aromatic rings. The average molecular weight is 567 g/mol. The van der Waals surface area contributed by atoms with E-state index in [1.165, 1.54) is 4.90 Å². The maximum Gasteiger partial charge on any atom is 0.251 e. The highest BCUT2D eigenvalue weighted by Gasteiger charge is 2.58. The number of aliphatic imine (C=N–C) groups is 1. The van der Waals surface area contributed by atoms with Gasteiger partial charge in [0.15, 0.2) is 5.96 Å². The van der Waals surface area contributed by atoms with Crippen molar-refractivity contribution >= 4 is 47.7 Å². The number of carbonyl (C=O) groups is 3. The quantitative estimate of drug-likeness (QED) is 0.108. The van der Waals surface area contributed by atoms with Crippen molar-refractivity contribution in [3.63, 3.8) is 0 Å². The molecule has 1 saturated carbocycles. The van der Waals surface area contributed by atoms with Crippen LogP contribution < -0.4 is 20.7 Å². The summed E-state index contributed by atoms with van der Waals surface area (Å²) in [6.07, 6.45) is 5.12. The monoisotopic (exact) mass is 567 g/mol. The summed E-state index contributed by atoms with van der Waals surface area (Å²) in [6.45, 7) is 1.60. The molecule has 3 aliphatic rings. The Morgan fingerprint density at radius 1 is 1.06 bits per heavy atom. The molecule has 0 radical (unpaired) electrons. The van der Waals surface area contributed by atoms with Crippen molar-refractivity contribution in [1.29, 1.82) is 0 Å². The van der Waals surface area contributed by atoms with Crippen molar-refractivity contribution < 1.29 is 19.1 Å². The number of rotatable bonds is 8. The van der Waals surface area contributed by atoms with Gasteiger partial charge >= 0.3 is 0 Å². The zero-order valence-corrected chi connectivity index (χ0v) is 21.1. The maximum atomic E-state index is 12.7. The van der Waals surface area contributed by atoms with Gasteiger partial charge in [-0.15, -0.1) is 24.0 Å². The fourth-order valence-electron chi connectivity index (χ4n) is 4.91. The van der Waals surface area contributed by atoms with Crippen LogP contribution in [-0.2, 0) is 9.59 Å².